The van der Waals surface area contributed by atoms with E-state index in [9.17, 15) is 0 Å². The van der Waals surface area contributed by atoms with Crippen molar-refractivity contribution in [2.75, 3.05) is 0 Å². The summed E-state index contributed by atoms with van der Waals surface area (Å²) in [6.07, 6.45) is 1.81. The first-order valence-corrected chi connectivity index (χ1v) is 7.20. The zero-order valence-electron chi connectivity index (χ0n) is 9.72. The molecule has 0 radical (unpaired) electrons. The van der Waals surface area contributed by atoms with E-state index in [0.717, 1.165) is 5.56 Å². The zero-order chi connectivity index (χ0) is 14.9. The van der Waals surface area contributed by atoms with Crippen LogP contribution in [0.25, 0.3) is 11.3 Å². The van der Waals surface area contributed by atoms with Gasteiger partial charge in [0.1, 0.15) is 0 Å². The lowest BCUT2D eigenvalue weighted by atomic mass is 10.1. The maximum absolute atomic E-state index is 8.73. The molecule has 0 N–H and O–H groups in total. The first-order chi connectivity index (χ1) is 9.47. The van der Waals surface area contributed by atoms with Crippen LogP contribution in [-0.4, -0.2) is 4.98 Å². The van der Waals surface area contributed by atoms with Crippen molar-refractivity contribution in [2.45, 2.75) is 6.42 Å². The van der Waals surface area contributed by atoms with Gasteiger partial charge in [-0.1, -0.05) is 58.0 Å². The Hall–Kier alpha value is -0.690. The molecule has 1 heterocycles. The average molecular weight is 366 g/mol. The van der Waals surface area contributed by atoms with E-state index >= 15 is 0 Å². The molecule has 0 aliphatic heterocycles. The van der Waals surface area contributed by atoms with Gasteiger partial charge in [0.2, 0.25) is 0 Å². The lowest BCUT2D eigenvalue weighted by Crippen LogP contribution is -1.91. The smallest absolute Gasteiger partial charge is 0.0809 e. The number of halogens is 5. The monoisotopic (exact) mass is 364 g/mol. The Balaban J connectivity index is 2.70. The first-order valence-electron chi connectivity index (χ1n) is 5.31. The van der Waals surface area contributed by atoms with Gasteiger partial charge >= 0.3 is 0 Å². The summed E-state index contributed by atoms with van der Waals surface area (Å²) in [4.78, 5) is 4.19. The molecular formula is C13H5Cl5N2. The number of nitrogens with zero attached hydrogens (tertiary/aromatic N) is 2. The van der Waals surface area contributed by atoms with Crippen LogP contribution in [0.2, 0.25) is 25.1 Å². The van der Waals surface area contributed by atoms with Gasteiger partial charge in [-0.2, -0.15) is 5.26 Å². The molecule has 0 spiro atoms. The minimum absolute atomic E-state index is 0.0975. The van der Waals surface area contributed by atoms with Crippen LogP contribution in [-0.2, 0) is 6.42 Å². The standard InChI is InChI=1S/C13H5Cl5N2/c14-9-8(10(15)12(17)13(18)11(9)16)7-5-6(1-3-19)2-4-20-7/h2,4-5H,1H2. The summed E-state index contributed by atoms with van der Waals surface area (Å²) in [5, 5.41) is 9.41. The quantitative estimate of drug-likeness (QED) is 0.477. The Kier molecular flexibility index (Phi) is 5.01. The summed E-state index contributed by atoms with van der Waals surface area (Å²) >= 11 is 30.3. The van der Waals surface area contributed by atoms with Gasteiger partial charge in [0.25, 0.3) is 0 Å². The predicted molar refractivity (Wildman–Crippen MR) is 84.0 cm³/mol. The molecule has 7 heteroatoms. The zero-order valence-corrected chi connectivity index (χ0v) is 13.5. The van der Waals surface area contributed by atoms with Crippen molar-refractivity contribution in [1.29, 1.82) is 5.26 Å². The Bertz CT molecular complexity index is 692. The normalized spacial score (nSPS) is 10.4. The third kappa shape index (κ3) is 2.83. The van der Waals surface area contributed by atoms with E-state index in [2.05, 4.69) is 11.1 Å². The maximum atomic E-state index is 8.73. The maximum Gasteiger partial charge on any atom is 0.0809 e. The highest BCUT2D eigenvalue weighted by molar-refractivity contribution is 6.56. The van der Waals surface area contributed by atoms with Gasteiger partial charge in [-0.15, -0.1) is 0 Å². The van der Waals surface area contributed by atoms with Gasteiger partial charge in [-0.3, -0.25) is 4.98 Å². The molecule has 0 saturated heterocycles. The molecule has 0 amide bonds. The number of nitriles is 1. The molecule has 2 nitrogen and oxygen atoms in total. The number of rotatable bonds is 2. The highest BCUT2D eigenvalue weighted by Gasteiger charge is 2.21. The van der Waals surface area contributed by atoms with Crippen LogP contribution in [0.1, 0.15) is 5.56 Å². The predicted octanol–water partition coefficient (Wildman–Crippen LogP) is 6.08. The largest absolute Gasteiger partial charge is 0.256 e. The third-order valence-electron chi connectivity index (χ3n) is 2.57. The third-order valence-corrected chi connectivity index (χ3v) is 4.85. The van der Waals surface area contributed by atoms with Gasteiger partial charge in [-0.25, -0.2) is 0 Å². The molecular weight excluding hydrogens is 361 g/mol. The summed E-state index contributed by atoms with van der Waals surface area (Å²) in [5.41, 5.74) is 1.66. The van der Waals surface area contributed by atoms with Crippen molar-refractivity contribution in [2.24, 2.45) is 0 Å². The minimum Gasteiger partial charge on any atom is -0.256 e. The van der Waals surface area contributed by atoms with Crippen LogP contribution in [0.5, 0.6) is 0 Å². The number of hydrogen-bond acceptors (Lipinski definition) is 2. The van der Waals surface area contributed by atoms with Crippen molar-refractivity contribution >= 4 is 58.0 Å². The van der Waals surface area contributed by atoms with Crippen LogP contribution in [0.15, 0.2) is 18.3 Å². The van der Waals surface area contributed by atoms with Gasteiger partial charge in [0.05, 0.1) is 43.3 Å². The van der Waals surface area contributed by atoms with E-state index < -0.39 is 0 Å². The average Bonchev–Trinajstić information content (AvgIpc) is 2.44. The Morgan fingerprint density at radius 3 is 2.05 bits per heavy atom. The van der Waals surface area contributed by atoms with E-state index in [4.69, 9.17) is 63.3 Å². The molecule has 0 fully saturated rings. The summed E-state index contributed by atoms with van der Waals surface area (Å²) in [6.45, 7) is 0. The highest BCUT2D eigenvalue weighted by atomic mass is 35.5. The van der Waals surface area contributed by atoms with Crippen LogP contribution < -0.4 is 0 Å². The van der Waals surface area contributed by atoms with Crippen LogP contribution in [0, 0.1) is 11.3 Å². The molecule has 0 atom stereocenters. The highest BCUT2D eigenvalue weighted by Crippen LogP contribution is 2.47. The number of pyridine rings is 1. The Morgan fingerprint density at radius 2 is 1.50 bits per heavy atom. The molecule has 0 bridgehead atoms. The van der Waals surface area contributed by atoms with Crippen molar-refractivity contribution in [3.8, 4) is 17.3 Å². The number of benzene rings is 1. The van der Waals surface area contributed by atoms with Gasteiger partial charge < -0.3 is 0 Å². The summed E-state index contributed by atoms with van der Waals surface area (Å²) in [6, 6.07) is 5.49. The summed E-state index contributed by atoms with van der Waals surface area (Å²) in [5.74, 6) is 0. The first kappa shape index (κ1) is 15.7. The van der Waals surface area contributed by atoms with E-state index in [1.807, 2.05) is 0 Å². The summed E-state index contributed by atoms with van der Waals surface area (Å²) in [7, 11) is 0. The fourth-order valence-electron chi connectivity index (χ4n) is 1.64. The van der Waals surface area contributed by atoms with Crippen LogP contribution in [0.3, 0.4) is 0 Å². The molecule has 1 aromatic heterocycles. The van der Waals surface area contributed by atoms with Crippen LogP contribution in [0.4, 0.5) is 0 Å². The lowest BCUT2D eigenvalue weighted by molar-refractivity contribution is 1.21. The number of hydrogen-bond donors (Lipinski definition) is 0. The van der Waals surface area contributed by atoms with Crippen LogP contribution >= 0.6 is 58.0 Å². The van der Waals surface area contributed by atoms with E-state index in [1.165, 1.54) is 0 Å². The molecule has 20 heavy (non-hydrogen) atoms. The summed E-state index contributed by atoms with van der Waals surface area (Å²) < 4.78 is 0. The molecule has 1 aromatic carbocycles. The second-order valence-corrected chi connectivity index (χ2v) is 5.72. The molecule has 0 saturated carbocycles. The Labute approximate surface area is 140 Å². The SMILES string of the molecule is N#CCc1ccnc(-c2c(Cl)c(Cl)c(Cl)c(Cl)c2Cl)c1. The fraction of sp³-hybridized carbons (Fsp3) is 0.0769. The molecule has 2 aromatic rings. The molecule has 102 valence electrons. The van der Waals surface area contributed by atoms with Gasteiger partial charge in [0.15, 0.2) is 0 Å². The molecule has 0 aliphatic rings. The van der Waals surface area contributed by atoms with Gasteiger partial charge in [0, 0.05) is 11.8 Å². The van der Waals surface area contributed by atoms with E-state index in [0.29, 0.717) is 11.3 Å². The van der Waals surface area contributed by atoms with E-state index in [1.54, 1.807) is 18.3 Å². The molecule has 2 rings (SSSR count). The second-order valence-electron chi connectivity index (χ2n) is 3.83. The lowest BCUT2D eigenvalue weighted by Gasteiger charge is -2.12. The van der Waals surface area contributed by atoms with Crippen molar-refractivity contribution in [3.05, 3.63) is 49.0 Å². The molecule has 0 aliphatic carbocycles. The van der Waals surface area contributed by atoms with Crippen molar-refractivity contribution < 1.29 is 0 Å². The van der Waals surface area contributed by atoms with Crippen molar-refractivity contribution in [3.63, 3.8) is 0 Å². The van der Waals surface area contributed by atoms with E-state index in [-0.39, 0.29) is 31.5 Å². The Morgan fingerprint density at radius 1 is 0.950 bits per heavy atom. The minimum atomic E-state index is 0.0975. The fourth-order valence-corrected chi connectivity index (χ4v) is 2.97. The van der Waals surface area contributed by atoms with Gasteiger partial charge in [-0.05, 0) is 17.7 Å². The topological polar surface area (TPSA) is 36.7 Å². The molecule has 0 unspecified atom stereocenters. The second kappa shape index (κ2) is 6.39. The number of aromatic nitrogens is 1. The van der Waals surface area contributed by atoms with Crippen molar-refractivity contribution in [1.82, 2.24) is 4.98 Å².